The van der Waals surface area contributed by atoms with E-state index >= 15 is 0 Å². The van der Waals surface area contributed by atoms with E-state index < -0.39 is 6.09 Å². The van der Waals surface area contributed by atoms with Crippen molar-refractivity contribution in [2.75, 3.05) is 23.9 Å². The predicted molar refractivity (Wildman–Crippen MR) is 101 cm³/mol. The Morgan fingerprint density at radius 3 is 2.50 bits per heavy atom. The van der Waals surface area contributed by atoms with Crippen LogP contribution in [0, 0.1) is 5.82 Å². The number of benzene rings is 2. The summed E-state index contributed by atoms with van der Waals surface area (Å²) < 4.78 is 23.8. The van der Waals surface area contributed by atoms with Crippen LogP contribution in [-0.2, 0) is 11.3 Å². The fraction of sp³-hybridized carbons (Fsp3) is 0.350. The van der Waals surface area contributed by atoms with Crippen LogP contribution in [0.2, 0.25) is 0 Å². The van der Waals surface area contributed by atoms with Gasteiger partial charge in [0.1, 0.15) is 11.6 Å². The second-order valence-electron chi connectivity index (χ2n) is 6.18. The summed E-state index contributed by atoms with van der Waals surface area (Å²) >= 11 is 0. The second kappa shape index (κ2) is 9.08. The highest BCUT2D eigenvalue weighted by Crippen LogP contribution is 2.31. The van der Waals surface area contributed by atoms with Crippen molar-refractivity contribution in [3.8, 4) is 5.75 Å². The Morgan fingerprint density at radius 2 is 1.88 bits per heavy atom. The Hall–Kier alpha value is -2.76. The molecule has 26 heavy (non-hydrogen) atoms. The normalized spacial score (nSPS) is 10.5. The Bertz CT molecular complexity index is 732. The molecule has 0 atom stereocenters. The number of amides is 1. The maximum Gasteiger partial charge on any atom is 0.411 e. The zero-order valence-corrected chi connectivity index (χ0v) is 15.6. The first-order chi connectivity index (χ1) is 12.4. The lowest BCUT2D eigenvalue weighted by Crippen LogP contribution is -2.18. The third-order valence-electron chi connectivity index (χ3n) is 3.61. The summed E-state index contributed by atoms with van der Waals surface area (Å²) in [7, 11) is 1.94. The predicted octanol–water partition coefficient (Wildman–Crippen LogP) is 4.82. The van der Waals surface area contributed by atoms with Crippen LogP contribution in [0.15, 0.2) is 42.5 Å². The third-order valence-corrected chi connectivity index (χ3v) is 3.61. The summed E-state index contributed by atoms with van der Waals surface area (Å²) in [6.07, 6.45) is -0.566. The first kappa shape index (κ1) is 19.6. The van der Waals surface area contributed by atoms with Crippen molar-refractivity contribution >= 4 is 17.5 Å². The molecule has 2 aromatic carbocycles. The Morgan fingerprint density at radius 1 is 1.19 bits per heavy atom. The van der Waals surface area contributed by atoms with E-state index in [-0.39, 0.29) is 11.9 Å². The molecule has 1 amide bonds. The van der Waals surface area contributed by atoms with E-state index in [1.54, 1.807) is 25.1 Å². The maximum atomic E-state index is 13.1. The minimum atomic E-state index is -0.520. The van der Waals surface area contributed by atoms with Gasteiger partial charge in [0.2, 0.25) is 0 Å². The van der Waals surface area contributed by atoms with Crippen LogP contribution in [0.5, 0.6) is 5.75 Å². The SMILES string of the molecule is CCOC(=O)Nc1ccc(N(C)Cc2ccc(F)cc2)cc1OC(C)C. The molecule has 1 N–H and O–H groups in total. The minimum absolute atomic E-state index is 0.0459. The minimum Gasteiger partial charge on any atom is -0.489 e. The molecule has 2 aromatic rings. The molecule has 0 fully saturated rings. The molecular formula is C20H25FN2O3. The van der Waals surface area contributed by atoms with Crippen LogP contribution < -0.4 is 15.0 Å². The number of ether oxygens (including phenoxy) is 2. The number of carbonyl (C=O) groups excluding carboxylic acids is 1. The van der Waals surface area contributed by atoms with Crippen LogP contribution in [0.3, 0.4) is 0 Å². The fourth-order valence-corrected chi connectivity index (χ4v) is 2.44. The Balaban J connectivity index is 2.19. The Kier molecular flexibility index (Phi) is 6.83. The average molecular weight is 360 g/mol. The molecule has 5 nitrogen and oxygen atoms in total. The summed E-state index contributed by atoms with van der Waals surface area (Å²) in [5.74, 6) is 0.315. The van der Waals surface area contributed by atoms with Crippen molar-refractivity contribution in [3.63, 3.8) is 0 Å². The highest BCUT2D eigenvalue weighted by Gasteiger charge is 2.13. The number of nitrogens with one attached hydrogen (secondary N) is 1. The molecule has 0 aromatic heterocycles. The lowest BCUT2D eigenvalue weighted by atomic mass is 10.2. The summed E-state index contributed by atoms with van der Waals surface area (Å²) in [6, 6.07) is 11.9. The molecule has 2 rings (SSSR count). The number of rotatable bonds is 7. The molecule has 0 aliphatic carbocycles. The van der Waals surface area contributed by atoms with E-state index in [9.17, 15) is 9.18 Å². The lowest BCUT2D eigenvalue weighted by Gasteiger charge is -2.22. The number of anilines is 2. The van der Waals surface area contributed by atoms with Crippen molar-refractivity contribution in [2.24, 2.45) is 0 Å². The van der Waals surface area contributed by atoms with Crippen molar-refractivity contribution in [1.29, 1.82) is 0 Å². The number of nitrogens with zero attached hydrogens (tertiary/aromatic N) is 1. The van der Waals surface area contributed by atoms with Gasteiger partial charge in [-0.1, -0.05) is 12.1 Å². The highest BCUT2D eigenvalue weighted by atomic mass is 19.1. The molecule has 6 heteroatoms. The standard InChI is InChI=1S/C20H25FN2O3/c1-5-25-20(24)22-18-11-10-17(12-19(18)26-14(2)3)23(4)13-15-6-8-16(21)9-7-15/h6-12,14H,5,13H2,1-4H3,(H,22,24). The topological polar surface area (TPSA) is 50.8 Å². The van der Waals surface area contributed by atoms with Crippen LogP contribution in [0.1, 0.15) is 26.3 Å². The van der Waals surface area contributed by atoms with Gasteiger partial charge in [0, 0.05) is 25.3 Å². The molecule has 0 heterocycles. The van der Waals surface area contributed by atoms with E-state index in [4.69, 9.17) is 9.47 Å². The van der Waals surface area contributed by atoms with Gasteiger partial charge in [-0.3, -0.25) is 5.32 Å². The molecule has 0 unspecified atom stereocenters. The van der Waals surface area contributed by atoms with E-state index in [2.05, 4.69) is 5.32 Å². The molecule has 0 spiro atoms. The molecule has 140 valence electrons. The van der Waals surface area contributed by atoms with Crippen molar-refractivity contribution < 1.29 is 18.7 Å². The quantitative estimate of drug-likeness (QED) is 0.769. The molecule has 0 saturated heterocycles. The molecule has 0 radical (unpaired) electrons. The maximum absolute atomic E-state index is 13.1. The van der Waals surface area contributed by atoms with Gasteiger partial charge in [-0.05, 0) is 50.6 Å². The van der Waals surface area contributed by atoms with Crippen molar-refractivity contribution in [3.05, 3.63) is 53.8 Å². The van der Waals surface area contributed by atoms with Gasteiger partial charge in [-0.25, -0.2) is 9.18 Å². The van der Waals surface area contributed by atoms with Gasteiger partial charge in [0.25, 0.3) is 0 Å². The van der Waals surface area contributed by atoms with Crippen molar-refractivity contribution in [2.45, 2.75) is 33.4 Å². The summed E-state index contributed by atoms with van der Waals surface area (Å²) in [5, 5.41) is 2.69. The number of carbonyl (C=O) groups is 1. The smallest absolute Gasteiger partial charge is 0.411 e. The molecule has 0 bridgehead atoms. The van der Waals surface area contributed by atoms with Crippen LogP contribution >= 0.6 is 0 Å². The summed E-state index contributed by atoms with van der Waals surface area (Å²) in [4.78, 5) is 13.7. The van der Waals surface area contributed by atoms with E-state index in [1.165, 1.54) is 12.1 Å². The van der Waals surface area contributed by atoms with Crippen LogP contribution in [0.4, 0.5) is 20.6 Å². The van der Waals surface area contributed by atoms with Crippen molar-refractivity contribution in [1.82, 2.24) is 0 Å². The van der Waals surface area contributed by atoms with Gasteiger partial charge in [-0.15, -0.1) is 0 Å². The zero-order chi connectivity index (χ0) is 19.1. The van der Waals surface area contributed by atoms with Gasteiger partial charge < -0.3 is 14.4 Å². The van der Waals surface area contributed by atoms with E-state index in [0.717, 1.165) is 11.3 Å². The van der Waals surface area contributed by atoms with E-state index in [0.29, 0.717) is 24.6 Å². The molecule has 0 saturated carbocycles. The molecule has 0 aliphatic rings. The Labute approximate surface area is 153 Å². The first-order valence-electron chi connectivity index (χ1n) is 8.59. The van der Waals surface area contributed by atoms with E-state index in [1.807, 2.05) is 37.9 Å². The van der Waals surface area contributed by atoms with Gasteiger partial charge >= 0.3 is 6.09 Å². The van der Waals surface area contributed by atoms with Crippen LogP contribution in [-0.4, -0.2) is 25.9 Å². The van der Waals surface area contributed by atoms with Gasteiger partial charge in [0.05, 0.1) is 18.4 Å². The first-order valence-corrected chi connectivity index (χ1v) is 8.59. The number of hydrogen-bond acceptors (Lipinski definition) is 4. The van der Waals surface area contributed by atoms with Gasteiger partial charge in [0.15, 0.2) is 0 Å². The third kappa shape index (κ3) is 5.65. The van der Waals surface area contributed by atoms with Gasteiger partial charge in [-0.2, -0.15) is 0 Å². The average Bonchev–Trinajstić information content (AvgIpc) is 2.58. The number of hydrogen-bond donors (Lipinski definition) is 1. The number of halogens is 1. The second-order valence-corrected chi connectivity index (χ2v) is 6.18. The summed E-state index contributed by atoms with van der Waals surface area (Å²) in [6.45, 7) is 6.50. The largest absolute Gasteiger partial charge is 0.489 e. The highest BCUT2D eigenvalue weighted by molar-refractivity contribution is 5.87. The van der Waals surface area contributed by atoms with Crippen LogP contribution in [0.25, 0.3) is 0 Å². The zero-order valence-electron chi connectivity index (χ0n) is 15.6. The lowest BCUT2D eigenvalue weighted by molar-refractivity contribution is 0.167. The molecular weight excluding hydrogens is 335 g/mol. The fourth-order valence-electron chi connectivity index (χ4n) is 2.44. The molecule has 0 aliphatic heterocycles. The monoisotopic (exact) mass is 360 g/mol. The summed E-state index contributed by atoms with van der Waals surface area (Å²) in [5.41, 5.74) is 2.46.